The SMILES string of the molecule is COc1cccc([C@H](CNS(=O)(=O)c2ccc(OC)c(OC)c2)N2CCOCC2)c1. The highest BCUT2D eigenvalue weighted by molar-refractivity contribution is 7.89. The molecule has 0 aromatic heterocycles. The first-order valence-corrected chi connectivity index (χ1v) is 11.1. The first-order valence-electron chi connectivity index (χ1n) is 9.66. The van der Waals surface area contributed by atoms with Crippen LogP contribution >= 0.6 is 0 Å². The van der Waals surface area contributed by atoms with Gasteiger partial charge < -0.3 is 18.9 Å². The number of rotatable bonds is 9. The lowest BCUT2D eigenvalue weighted by Gasteiger charge is -2.35. The van der Waals surface area contributed by atoms with Crippen molar-refractivity contribution < 1.29 is 27.4 Å². The molecule has 3 rings (SSSR count). The number of hydrogen-bond acceptors (Lipinski definition) is 7. The van der Waals surface area contributed by atoms with Crippen molar-refractivity contribution >= 4 is 10.0 Å². The van der Waals surface area contributed by atoms with E-state index in [0.29, 0.717) is 24.7 Å². The molecule has 1 N–H and O–H groups in total. The van der Waals surface area contributed by atoms with E-state index in [2.05, 4.69) is 9.62 Å². The molecule has 0 unspecified atom stereocenters. The molecule has 9 heteroatoms. The van der Waals surface area contributed by atoms with E-state index in [9.17, 15) is 8.42 Å². The van der Waals surface area contributed by atoms with Gasteiger partial charge in [-0.25, -0.2) is 13.1 Å². The predicted octanol–water partition coefficient (Wildman–Crippen LogP) is 2.06. The predicted molar refractivity (Wildman–Crippen MR) is 113 cm³/mol. The zero-order valence-electron chi connectivity index (χ0n) is 17.5. The van der Waals surface area contributed by atoms with E-state index in [1.807, 2.05) is 24.3 Å². The van der Waals surface area contributed by atoms with Gasteiger partial charge in [0.25, 0.3) is 0 Å². The average Bonchev–Trinajstić information content (AvgIpc) is 2.79. The maximum Gasteiger partial charge on any atom is 0.240 e. The lowest BCUT2D eigenvalue weighted by atomic mass is 10.0. The van der Waals surface area contributed by atoms with Crippen LogP contribution in [0.15, 0.2) is 47.4 Å². The number of nitrogens with one attached hydrogen (secondary N) is 1. The van der Waals surface area contributed by atoms with Gasteiger partial charge in [0.2, 0.25) is 10.0 Å². The normalized spacial score (nSPS) is 16.1. The Labute approximate surface area is 177 Å². The molecular formula is C21H28N2O6S. The van der Waals surface area contributed by atoms with Gasteiger partial charge in [-0.15, -0.1) is 0 Å². The summed E-state index contributed by atoms with van der Waals surface area (Å²) in [5.41, 5.74) is 0.978. The monoisotopic (exact) mass is 436 g/mol. The van der Waals surface area contributed by atoms with E-state index in [4.69, 9.17) is 18.9 Å². The Kier molecular flexibility index (Phi) is 7.54. The topological polar surface area (TPSA) is 86.3 Å². The molecule has 1 atom stereocenters. The van der Waals surface area contributed by atoms with Crippen molar-refractivity contribution in [1.29, 1.82) is 0 Å². The Morgan fingerprint density at radius 3 is 2.40 bits per heavy atom. The quantitative estimate of drug-likeness (QED) is 0.644. The van der Waals surface area contributed by atoms with Crippen LogP contribution in [0.25, 0.3) is 0 Å². The van der Waals surface area contributed by atoms with Crippen LogP contribution in [0.5, 0.6) is 17.2 Å². The van der Waals surface area contributed by atoms with Crippen LogP contribution in [0.1, 0.15) is 11.6 Å². The molecule has 30 heavy (non-hydrogen) atoms. The molecule has 0 saturated carbocycles. The Morgan fingerprint density at radius 1 is 1.00 bits per heavy atom. The van der Waals surface area contributed by atoms with Crippen molar-refractivity contribution in [2.24, 2.45) is 0 Å². The lowest BCUT2D eigenvalue weighted by Crippen LogP contribution is -2.43. The molecule has 0 radical (unpaired) electrons. The molecule has 1 fully saturated rings. The highest BCUT2D eigenvalue weighted by atomic mass is 32.2. The van der Waals surface area contributed by atoms with Crippen LogP contribution in [-0.2, 0) is 14.8 Å². The Balaban J connectivity index is 1.83. The van der Waals surface area contributed by atoms with Gasteiger partial charge in [-0.1, -0.05) is 12.1 Å². The largest absolute Gasteiger partial charge is 0.497 e. The maximum atomic E-state index is 13.0. The van der Waals surface area contributed by atoms with Crippen molar-refractivity contribution in [2.75, 3.05) is 54.2 Å². The summed E-state index contributed by atoms with van der Waals surface area (Å²) < 4.78 is 49.9. The van der Waals surface area contributed by atoms with Crippen molar-refractivity contribution in [3.63, 3.8) is 0 Å². The highest BCUT2D eigenvalue weighted by Crippen LogP contribution is 2.30. The summed E-state index contributed by atoms with van der Waals surface area (Å²) in [6.45, 7) is 2.88. The number of nitrogens with zero attached hydrogens (tertiary/aromatic N) is 1. The summed E-state index contributed by atoms with van der Waals surface area (Å²) in [7, 11) is 0.840. The van der Waals surface area contributed by atoms with Gasteiger partial charge in [-0.2, -0.15) is 0 Å². The second-order valence-corrected chi connectivity index (χ2v) is 8.58. The van der Waals surface area contributed by atoms with Crippen molar-refractivity contribution in [2.45, 2.75) is 10.9 Å². The minimum atomic E-state index is -3.75. The van der Waals surface area contributed by atoms with Gasteiger partial charge in [0, 0.05) is 31.7 Å². The molecule has 2 aromatic carbocycles. The Hall–Kier alpha value is -2.33. The van der Waals surface area contributed by atoms with Crippen molar-refractivity contribution in [3.8, 4) is 17.2 Å². The number of benzene rings is 2. The third-order valence-electron chi connectivity index (χ3n) is 5.10. The Bertz CT molecular complexity index is 944. The molecule has 2 aromatic rings. The molecule has 0 amide bonds. The van der Waals surface area contributed by atoms with E-state index < -0.39 is 10.0 Å². The maximum absolute atomic E-state index is 13.0. The summed E-state index contributed by atoms with van der Waals surface area (Å²) in [6.07, 6.45) is 0. The zero-order valence-corrected chi connectivity index (χ0v) is 18.3. The van der Waals surface area contributed by atoms with Crippen LogP contribution in [0, 0.1) is 0 Å². The number of sulfonamides is 1. The number of methoxy groups -OCH3 is 3. The fourth-order valence-electron chi connectivity index (χ4n) is 3.45. The van der Waals surface area contributed by atoms with Crippen LogP contribution in [0.4, 0.5) is 0 Å². The number of ether oxygens (including phenoxy) is 4. The first-order chi connectivity index (χ1) is 14.5. The van der Waals surface area contributed by atoms with E-state index in [0.717, 1.165) is 24.4 Å². The van der Waals surface area contributed by atoms with Crippen LogP contribution in [0.2, 0.25) is 0 Å². The minimum absolute atomic E-state index is 0.117. The Morgan fingerprint density at radius 2 is 1.73 bits per heavy atom. The van der Waals surface area contributed by atoms with Crippen LogP contribution < -0.4 is 18.9 Å². The highest BCUT2D eigenvalue weighted by Gasteiger charge is 2.26. The van der Waals surface area contributed by atoms with E-state index in [-0.39, 0.29) is 17.5 Å². The molecule has 0 spiro atoms. The summed E-state index contributed by atoms with van der Waals surface area (Å²) in [5, 5.41) is 0. The van der Waals surface area contributed by atoms with Crippen molar-refractivity contribution in [1.82, 2.24) is 9.62 Å². The summed E-state index contributed by atoms with van der Waals surface area (Å²) in [4.78, 5) is 2.33. The second-order valence-electron chi connectivity index (χ2n) is 6.81. The van der Waals surface area contributed by atoms with Gasteiger partial charge in [0.15, 0.2) is 11.5 Å². The average molecular weight is 437 g/mol. The fraction of sp³-hybridized carbons (Fsp3) is 0.429. The molecular weight excluding hydrogens is 408 g/mol. The molecule has 1 aliphatic rings. The van der Waals surface area contributed by atoms with Crippen LogP contribution in [-0.4, -0.2) is 67.5 Å². The van der Waals surface area contributed by atoms with E-state index in [1.165, 1.54) is 26.4 Å². The van der Waals surface area contributed by atoms with Gasteiger partial charge >= 0.3 is 0 Å². The van der Waals surface area contributed by atoms with Crippen molar-refractivity contribution in [3.05, 3.63) is 48.0 Å². The summed E-state index contributed by atoms with van der Waals surface area (Å²) >= 11 is 0. The molecule has 164 valence electrons. The zero-order chi connectivity index (χ0) is 21.6. The standard InChI is InChI=1S/C21H28N2O6S/c1-26-17-6-4-5-16(13-17)19(23-9-11-29-12-10-23)15-22-30(24,25)18-7-8-20(27-2)21(14-18)28-3/h4-8,13-14,19,22H,9-12,15H2,1-3H3/t19-/m0/s1. The minimum Gasteiger partial charge on any atom is -0.497 e. The van der Waals surface area contributed by atoms with Gasteiger partial charge in [-0.3, -0.25) is 4.90 Å². The fourth-order valence-corrected chi connectivity index (χ4v) is 4.50. The molecule has 0 bridgehead atoms. The smallest absolute Gasteiger partial charge is 0.240 e. The second kappa shape index (κ2) is 10.1. The van der Waals surface area contributed by atoms with E-state index >= 15 is 0 Å². The summed E-state index contributed by atoms with van der Waals surface area (Å²) in [6, 6.07) is 12.1. The lowest BCUT2D eigenvalue weighted by molar-refractivity contribution is 0.0171. The molecule has 8 nitrogen and oxygen atoms in total. The number of hydrogen-bond donors (Lipinski definition) is 1. The molecule has 1 heterocycles. The van der Waals surface area contributed by atoms with E-state index in [1.54, 1.807) is 13.2 Å². The molecule has 1 aliphatic heterocycles. The van der Waals surface area contributed by atoms with Gasteiger partial charge in [-0.05, 0) is 29.8 Å². The van der Waals surface area contributed by atoms with Crippen LogP contribution in [0.3, 0.4) is 0 Å². The van der Waals surface area contributed by atoms with Gasteiger partial charge in [0.05, 0.1) is 39.4 Å². The summed E-state index contributed by atoms with van der Waals surface area (Å²) in [5.74, 6) is 1.56. The van der Waals surface area contributed by atoms with Gasteiger partial charge in [0.1, 0.15) is 5.75 Å². The third kappa shape index (κ3) is 5.23. The molecule has 0 aliphatic carbocycles. The number of morpholine rings is 1. The third-order valence-corrected chi connectivity index (χ3v) is 6.52. The molecule has 1 saturated heterocycles. The first kappa shape index (κ1) is 22.4.